The monoisotopic (exact) mass is 410 g/mol. The van der Waals surface area contributed by atoms with Crippen molar-refractivity contribution in [2.45, 2.75) is 31.0 Å². The third-order valence-corrected chi connectivity index (χ3v) is 4.68. The van der Waals surface area contributed by atoms with Crippen LogP contribution in [0, 0.1) is 0 Å². The van der Waals surface area contributed by atoms with Crippen molar-refractivity contribution in [1.29, 1.82) is 0 Å². The zero-order chi connectivity index (χ0) is 17.6. The Labute approximate surface area is 150 Å². The minimum Gasteiger partial charge on any atom is -0.344 e. The topological polar surface area (TPSA) is 42.2 Å². The van der Waals surface area contributed by atoms with Crippen molar-refractivity contribution < 1.29 is 13.2 Å². The summed E-state index contributed by atoms with van der Waals surface area (Å²) in [5, 5.41) is 2.26. The van der Waals surface area contributed by atoms with Crippen molar-refractivity contribution in [2.24, 2.45) is 0 Å². The summed E-state index contributed by atoms with van der Waals surface area (Å²) in [7, 11) is 0. The van der Waals surface area contributed by atoms with E-state index in [0.29, 0.717) is 16.2 Å². The molecule has 0 amide bonds. The second-order valence-corrected chi connectivity index (χ2v) is 6.95. The van der Waals surface area contributed by atoms with Crippen LogP contribution < -0.4 is 5.32 Å². The number of nitrogens with one attached hydrogen (secondary N) is 1. The fourth-order valence-electron chi connectivity index (χ4n) is 2.76. The molecule has 0 radical (unpaired) electrons. The molecule has 0 aliphatic heterocycles. The number of rotatable bonds is 5. The molecule has 4 rings (SSSR count). The maximum absolute atomic E-state index is 15.2. The van der Waals surface area contributed by atoms with E-state index >= 15 is 4.39 Å². The number of nitrogens with zero attached hydrogens (tertiary/aromatic N) is 3. The number of alkyl halides is 3. The van der Waals surface area contributed by atoms with Gasteiger partial charge in [0.1, 0.15) is 15.9 Å². The normalized spacial score (nSPS) is 17.0. The molecule has 1 unspecified atom stereocenters. The van der Waals surface area contributed by atoms with Crippen LogP contribution in [0.5, 0.6) is 0 Å². The molecule has 0 spiro atoms. The molecule has 1 atom stereocenters. The Morgan fingerprint density at radius 1 is 1.24 bits per heavy atom. The van der Waals surface area contributed by atoms with Gasteiger partial charge in [0.05, 0.1) is 0 Å². The van der Waals surface area contributed by atoms with E-state index in [1.165, 1.54) is 24.5 Å². The molecule has 130 valence electrons. The summed E-state index contributed by atoms with van der Waals surface area (Å²) in [6, 6.07) is 6.49. The molecular formula is C17H14BrF3N4. The highest BCUT2D eigenvalue weighted by molar-refractivity contribution is 9.10. The number of anilines is 1. The van der Waals surface area contributed by atoms with Gasteiger partial charge in [0, 0.05) is 24.3 Å². The number of hydrogen-bond acceptors (Lipinski definition) is 3. The average Bonchev–Trinajstić information content (AvgIpc) is 3.33. The summed E-state index contributed by atoms with van der Waals surface area (Å²) in [5.41, 5.74) is 1.37. The number of halogens is 4. The van der Waals surface area contributed by atoms with Crippen molar-refractivity contribution in [2.75, 3.05) is 5.32 Å². The first-order valence-corrected chi connectivity index (χ1v) is 8.61. The van der Waals surface area contributed by atoms with E-state index in [2.05, 4.69) is 31.2 Å². The molecule has 4 nitrogen and oxygen atoms in total. The second-order valence-electron chi connectivity index (χ2n) is 6.13. The SMILES string of the molecule is FC(F)C(F)(Nc1ccnc(Br)c1)c1cn2cc(C3CC3)ccc2n1. The van der Waals surface area contributed by atoms with Crippen LogP contribution in [0.4, 0.5) is 18.9 Å². The minimum absolute atomic E-state index is 0.181. The Bertz CT molecular complexity index is 925. The van der Waals surface area contributed by atoms with E-state index in [1.807, 2.05) is 12.3 Å². The van der Waals surface area contributed by atoms with E-state index in [0.717, 1.165) is 18.4 Å². The highest BCUT2D eigenvalue weighted by Crippen LogP contribution is 2.40. The van der Waals surface area contributed by atoms with Gasteiger partial charge in [-0.2, -0.15) is 0 Å². The molecule has 0 bridgehead atoms. The summed E-state index contributed by atoms with van der Waals surface area (Å²) in [6.45, 7) is 0. The van der Waals surface area contributed by atoms with Crippen molar-refractivity contribution in [1.82, 2.24) is 14.4 Å². The lowest BCUT2D eigenvalue weighted by atomic mass is 10.1. The molecule has 1 aliphatic carbocycles. The number of imidazole rings is 1. The molecule has 3 aromatic heterocycles. The smallest absolute Gasteiger partial charge is 0.296 e. The molecule has 3 aromatic rings. The van der Waals surface area contributed by atoms with E-state index < -0.39 is 12.2 Å². The number of fused-ring (bicyclic) bond motifs is 1. The van der Waals surface area contributed by atoms with Gasteiger partial charge in [0.25, 0.3) is 12.2 Å². The van der Waals surface area contributed by atoms with Gasteiger partial charge in [-0.1, -0.05) is 6.07 Å². The first kappa shape index (κ1) is 16.4. The fourth-order valence-corrected chi connectivity index (χ4v) is 3.13. The zero-order valence-electron chi connectivity index (χ0n) is 13.0. The maximum Gasteiger partial charge on any atom is 0.296 e. The highest BCUT2D eigenvalue weighted by Gasteiger charge is 2.45. The summed E-state index contributed by atoms with van der Waals surface area (Å²) in [4.78, 5) is 7.96. The van der Waals surface area contributed by atoms with Gasteiger partial charge < -0.3 is 9.72 Å². The van der Waals surface area contributed by atoms with Gasteiger partial charge in [-0.3, -0.25) is 0 Å². The average molecular weight is 411 g/mol. The summed E-state index contributed by atoms with van der Waals surface area (Å²) in [6.07, 6.45) is 3.48. The van der Waals surface area contributed by atoms with E-state index in [9.17, 15) is 8.78 Å². The molecule has 1 N–H and O–H groups in total. The Kier molecular flexibility index (Phi) is 3.94. The van der Waals surface area contributed by atoms with Crippen LogP contribution in [-0.2, 0) is 5.79 Å². The van der Waals surface area contributed by atoms with E-state index in [1.54, 1.807) is 10.5 Å². The lowest BCUT2D eigenvalue weighted by Crippen LogP contribution is -2.38. The Morgan fingerprint density at radius 2 is 2.04 bits per heavy atom. The van der Waals surface area contributed by atoms with Crippen molar-refractivity contribution >= 4 is 27.3 Å². The molecule has 1 fully saturated rings. The lowest BCUT2D eigenvalue weighted by molar-refractivity contribution is -0.0213. The van der Waals surface area contributed by atoms with Gasteiger partial charge in [-0.25, -0.2) is 23.1 Å². The number of pyridine rings is 2. The number of aromatic nitrogens is 3. The van der Waals surface area contributed by atoms with E-state index in [-0.39, 0.29) is 11.4 Å². The van der Waals surface area contributed by atoms with Crippen molar-refractivity contribution in [3.05, 3.63) is 58.7 Å². The predicted molar refractivity (Wildman–Crippen MR) is 91.5 cm³/mol. The highest BCUT2D eigenvalue weighted by atomic mass is 79.9. The minimum atomic E-state index is -3.30. The van der Waals surface area contributed by atoms with Crippen LogP contribution in [0.1, 0.15) is 30.0 Å². The third kappa shape index (κ3) is 3.10. The van der Waals surface area contributed by atoms with Crippen LogP contribution in [0.25, 0.3) is 5.65 Å². The quantitative estimate of drug-likeness (QED) is 0.481. The summed E-state index contributed by atoms with van der Waals surface area (Å²) in [5.74, 6) is -2.60. The third-order valence-electron chi connectivity index (χ3n) is 4.25. The predicted octanol–water partition coefficient (Wildman–Crippen LogP) is 4.87. The van der Waals surface area contributed by atoms with Crippen LogP contribution in [-0.4, -0.2) is 20.8 Å². The van der Waals surface area contributed by atoms with Crippen LogP contribution in [0.2, 0.25) is 0 Å². The van der Waals surface area contributed by atoms with Gasteiger partial charge in [-0.05, 0) is 58.5 Å². The maximum atomic E-state index is 15.2. The molecular weight excluding hydrogens is 397 g/mol. The van der Waals surface area contributed by atoms with Gasteiger partial charge in [0.2, 0.25) is 0 Å². The van der Waals surface area contributed by atoms with E-state index in [4.69, 9.17) is 0 Å². The van der Waals surface area contributed by atoms with Gasteiger partial charge in [0.15, 0.2) is 0 Å². The van der Waals surface area contributed by atoms with Gasteiger partial charge in [-0.15, -0.1) is 0 Å². The molecule has 0 aromatic carbocycles. The van der Waals surface area contributed by atoms with Crippen LogP contribution >= 0.6 is 15.9 Å². The van der Waals surface area contributed by atoms with Crippen LogP contribution in [0.3, 0.4) is 0 Å². The first-order chi connectivity index (χ1) is 12.0. The first-order valence-electron chi connectivity index (χ1n) is 7.81. The fraction of sp³-hybridized carbons (Fsp3) is 0.294. The molecule has 3 heterocycles. The largest absolute Gasteiger partial charge is 0.344 e. The Hall–Kier alpha value is -2.09. The lowest BCUT2D eigenvalue weighted by Gasteiger charge is -2.25. The number of hydrogen-bond donors (Lipinski definition) is 1. The van der Waals surface area contributed by atoms with Gasteiger partial charge >= 0.3 is 0 Å². The Balaban J connectivity index is 1.73. The van der Waals surface area contributed by atoms with Crippen LogP contribution in [0.15, 0.2) is 47.5 Å². The molecule has 8 heteroatoms. The summed E-state index contributed by atoms with van der Waals surface area (Å²) < 4.78 is 44.4. The summed E-state index contributed by atoms with van der Waals surface area (Å²) >= 11 is 3.14. The molecule has 0 saturated heterocycles. The molecule has 1 aliphatic rings. The molecule has 25 heavy (non-hydrogen) atoms. The van der Waals surface area contributed by atoms with Crippen molar-refractivity contribution in [3.63, 3.8) is 0 Å². The zero-order valence-corrected chi connectivity index (χ0v) is 14.5. The Morgan fingerprint density at radius 3 is 2.72 bits per heavy atom. The molecule has 1 saturated carbocycles. The second kappa shape index (κ2) is 6.01. The van der Waals surface area contributed by atoms with Crippen molar-refractivity contribution in [3.8, 4) is 0 Å². The standard InChI is InChI=1S/C17H14BrF3N4/c18-14-7-12(5-6-22-14)24-17(21,16(19)20)13-9-25-8-11(10-1-2-10)3-4-15(25)23-13/h3-10,16H,1-2H2,(H,22,24).